The van der Waals surface area contributed by atoms with E-state index in [9.17, 15) is 0 Å². The fraction of sp³-hybridized carbons (Fsp3) is 1.00. The minimum absolute atomic E-state index is 0.503. The summed E-state index contributed by atoms with van der Waals surface area (Å²) in [5, 5.41) is 0. The molecule has 0 aromatic rings. The maximum Gasteiger partial charge on any atom is 0.472 e. The van der Waals surface area contributed by atoms with Crippen molar-refractivity contribution in [2.24, 2.45) is 0 Å². The second-order valence-electron chi connectivity index (χ2n) is 8.12. The molecule has 0 aliphatic heterocycles. The van der Waals surface area contributed by atoms with Gasteiger partial charge in [0.2, 0.25) is 0 Å². The first-order valence-corrected chi connectivity index (χ1v) is 20.9. The van der Waals surface area contributed by atoms with E-state index >= 15 is 0 Å². The number of unbranched alkanes of at least 4 members (excludes halogenated alkanes) is 6. The maximum atomic E-state index is 6.63. The van der Waals surface area contributed by atoms with Crippen molar-refractivity contribution in [2.45, 2.75) is 116 Å². The lowest BCUT2D eigenvalue weighted by atomic mass is 10.1. The summed E-state index contributed by atoms with van der Waals surface area (Å²) in [6.45, 7) is 18.2. The minimum Gasteiger partial charge on any atom is -0.420 e. The molecule has 0 amide bonds. The predicted molar refractivity (Wildman–Crippen MR) is 122 cm³/mol. The summed E-state index contributed by atoms with van der Waals surface area (Å²) in [4.78, 5) is 0. The van der Waals surface area contributed by atoms with Crippen LogP contribution in [0.25, 0.3) is 0 Å². The molecule has 0 aromatic heterocycles. The minimum atomic E-state index is -2.51. The highest BCUT2D eigenvalue weighted by molar-refractivity contribution is 6.80. The van der Waals surface area contributed by atoms with Crippen LogP contribution in [0.3, 0.4) is 0 Å². The van der Waals surface area contributed by atoms with E-state index in [2.05, 4.69) is 53.1 Å². The van der Waals surface area contributed by atoms with Gasteiger partial charge in [0, 0.05) is 5.54 Å². The summed E-state index contributed by atoms with van der Waals surface area (Å²) in [6, 6.07) is 0. The van der Waals surface area contributed by atoms with Gasteiger partial charge in [0.1, 0.15) is 0 Å². The topological polar surface area (TPSA) is 27.7 Å². The molecule has 0 rings (SSSR count). The summed E-state index contributed by atoms with van der Waals surface area (Å²) in [7, 11) is -6.07. The highest BCUT2D eigenvalue weighted by Crippen LogP contribution is 2.35. The van der Waals surface area contributed by atoms with Crippen LogP contribution in [-0.2, 0) is 12.3 Å². The average molecular weight is 423 g/mol. The molecule has 0 aliphatic carbocycles. The fourth-order valence-corrected chi connectivity index (χ4v) is 16.8. The largest absolute Gasteiger partial charge is 0.472 e. The van der Waals surface area contributed by atoms with Crippen molar-refractivity contribution >= 4 is 35.9 Å². The molecule has 0 radical (unpaired) electrons. The van der Waals surface area contributed by atoms with Crippen LogP contribution >= 0.6 is 0 Å². The van der Waals surface area contributed by atoms with Crippen LogP contribution in [0.1, 0.15) is 71.6 Å². The van der Waals surface area contributed by atoms with Gasteiger partial charge in [0.15, 0.2) is 27.1 Å². The van der Waals surface area contributed by atoms with Crippen LogP contribution < -0.4 is 0 Å². The molecule has 0 spiro atoms. The number of hydrogen-bond donors (Lipinski definition) is 0. The summed E-state index contributed by atoms with van der Waals surface area (Å²) < 4.78 is 19.9. The standard InChI is InChI=1S/C18H46O3Si4/c1-9-11-12-13-14-15-16-17-18(10-2)25(19-22(3)4,20-23(5)6)21-24(7)8/h18,22-24H,9-17H2,1-8H3. The predicted octanol–water partition coefficient (Wildman–Crippen LogP) is 5.85. The smallest absolute Gasteiger partial charge is 0.420 e. The molecular weight excluding hydrogens is 377 g/mol. The molecule has 0 N–H and O–H groups in total. The third-order valence-corrected chi connectivity index (χ3v) is 15.6. The van der Waals surface area contributed by atoms with Gasteiger partial charge in [-0.3, -0.25) is 0 Å². The van der Waals surface area contributed by atoms with Crippen molar-refractivity contribution in [1.29, 1.82) is 0 Å². The van der Waals surface area contributed by atoms with Crippen LogP contribution in [-0.4, -0.2) is 35.9 Å². The lowest BCUT2D eigenvalue weighted by Gasteiger charge is -2.40. The van der Waals surface area contributed by atoms with Crippen LogP contribution in [0, 0.1) is 0 Å². The average Bonchev–Trinajstić information content (AvgIpc) is 2.47. The molecule has 0 heterocycles. The zero-order valence-corrected chi connectivity index (χ0v) is 22.9. The van der Waals surface area contributed by atoms with Gasteiger partial charge >= 0.3 is 8.80 Å². The van der Waals surface area contributed by atoms with Crippen LogP contribution in [0.2, 0.25) is 44.8 Å². The second kappa shape index (κ2) is 14.8. The lowest BCUT2D eigenvalue weighted by Crippen LogP contribution is -2.56. The van der Waals surface area contributed by atoms with E-state index in [0.29, 0.717) is 5.54 Å². The molecule has 0 aromatic carbocycles. The van der Waals surface area contributed by atoms with Crippen LogP contribution in [0.5, 0.6) is 0 Å². The van der Waals surface area contributed by atoms with E-state index in [1.54, 1.807) is 0 Å². The Bertz CT molecular complexity index is 288. The van der Waals surface area contributed by atoms with E-state index in [-0.39, 0.29) is 0 Å². The van der Waals surface area contributed by atoms with Crippen molar-refractivity contribution in [1.82, 2.24) is 0 Å². The molecule has 0 fully saturated rings. The molecule has 3 nitrogen and oxygen atoms in total. The van der Waals surface area contributed by atoms with Crippen molar-refractivity contribution in [3.8, 4) is 0 Å². The first kappa shape index (κ1) is 25.7. The Balaban J connectivity index is 4.83. The number of rotatable bonds is 16. The van der Waals surface area contributed by atoms with Crippen molar-refractivity contribution < 1.29 is 12.3 Å². The zero-order valence-electron chi connectivity index (χ0n) is 18.4. The Labute approximate surface area is 164 Å². The quantitative estimate of drug-likeness (QED) is 0.231. The maximum absolute atomic E-state index is 6.63. The number of hydrogen-bond acceptors (Lipinski definition) is 3. The fourth-order valence-electron chi connectivity index (χ4n) is 3.34. The van der Waals surface area contributed by atoms with Gasteiger partial charge in [-0.1, -0.05) is 58.8 Å². The monoisotopic (exact) mass is 422 g/mol. The van der Waals surface area contributed by atoms with Crippen LogP contribution in [0.4, 0.5) is 0 Å². The molecule has 7 heteroatoms. The van der Waals surface area contributed by atoms with E-state index < -0.39 is 35.9 Å². The second-order valence-corrected chi connectivity index (χ2v) is 19.3. The molecule has 0 bridgehead atoms. The normalized spacial score (nSPS) is 14.0. The van der Waals surface area contributed by atoms with Gasteiger partial charge in [-0.2, -0.15) is 0 Å². The van der Waals surface area contributed by atoms with Crippen molar-refractivity contribution in [3.63, 3.8) is 0 Å². The lowest BCUT2D eigenvalue weighted by molar-refractivity contribution is 0.242. The third kappa shape index (κ3) is 11.9. The molecule has 0 saturated heterocycles. The van der Waals surface area contributed by atoms with Crippen molar-refractivity contribution in [3.05, 3.63) is 0 Å². The third-order valence-electron chi connectivity index (χ3n) is 4.35. The van der Waals surface area contributed by atoms with Gasteiger partial charge in [0.05, 0.1) is 0 Å². The molecule has 0 aliphatic rings. The molecule has 152 valence electrons. The first-order chi connectivity index (χ1) is 11.8. The van der Waals surface area contributed by atoms with Crippen molar-refractivity contribution in [2.75, 3.05) is 0 Å². The van der Waals surface area contributed by atoms with Gasteiger partial charge in [0.25, 0.3) is 0 Å². The van der Waals surface area contributed by atoms with Gasteiger partial charge in [-0.05, 0) is 52.1 Å². The Morgan fingerprint density at radius 1 is 0.640 bits per heavy atom. The van der Waals surface area contributed by atoms with E-state index in [1.165, 1.54) is 51.4 Å². The first-order valence-electron chi connectivity index (χ1n) is 10.8. The highest BCUT2D eigenvalue weighted by Gasteiger charge is 2.49. The van der Waals surface area contributed by atoms with E-state index in [0.717, 1.165) is 6.42 Å². The summed E-state index contributed by atoms with van der Waals surface area (Å²) in [5.41, 5.74) is 0.503. The summed E-state index contributed by atoms with van der Waals surface area (Å²) in [6.07, 6.45) is 11.9. The molecular formula is C18H46O3Si4. The van der Waals surface area contributed by atoms with Gasteiger partial charge < -0.3 is 12.3 Å². The van der Waals surface area contributed by atoms with Crippen LogP contribution in [0.15, 0.2) is 0 Å². The zero-order chi connectivity index (χ0) is 19.3. The summed E-state index contributed by atoms with van der Waals surface area (Å²) in [5.74, 6) is 0. The molecule has 25 heavy (non-hydrogen) atoms. The highest BCUT2D eigenvalue weighted by atomic mass is 28.5. The summed E-state index contributed by atoms with van der Waals surface area (Å²) >= 11 is 0. The van der Waals surface area contributed by atoms with E-state index in [1.807, 2.05) is 0 Å². The van der Waals surface area contributed by atoms with Gasteiger partial charge in [-0.25, -0.2) is 0 Å². The molecule has 1 unspecified atom stereocenters. The Morgan fingerprint density at radius 3 is 1.40 bits per heavy atom. The van der Waals surface area contributed by atoms with E-state index in [4.69, 9.17) is 12.3 Å². The Kier molecular flexibility index (Phi) is 15.2. The Morgan fingerprint density at radius 2 is 1.04 bits per heavy atom. The SMILES string of the molecule is CCCCCCCCCC(CC)[Si](O[SiH](C)C)(O[SiH](C)C)O[SiH](C)C. The molecule has 0 saturated carbocycles. The Hall–Kier alpha value is 0.748. The molecule has 1 atom stereocenters. The van der Waals surface area contributed by atoms with Gasteiger partial charge in [-0.15, -0.1) is 0 Å².